The first-order valence-electron chi connectivity index (χ1n) is 7.63. The molecule has 0 atom stereocenters. The normalized spacial score (nSPS) is 11.9. The van der Waals surface area contributed by atoms with Crippen LogP contribution in [0.5, 0.6) is 0 Å². The fraction of sp³-hybridized carbons (Fsp3) is 0.500. The number of benzene rings is 1. The van der Waals surface area contributed by atoms with Gasteiger partial charge in [0.2, 0.25) is 0 Å². The zero-order valence-corrected chi connectivity index (χ0v) is 14.1. The van der Waals surface area contributed by atoms with Gasteiger partial charge in [0, 0.05) is 24.1 Å². The largest absolute Gasteiger partial charge is 0.342 e. The van der Waals surface area contributed by atoms with Crippen LogP contribution < -0.4 is 5.32 Å². The zero-order chi connectivity index (χ0) is 15.6. The number of aromatic amines is 1. The van der Waals surface area contributed by atoms with Crippen molar-refractivity contribution in [2.75, 3.05) is 6.54 Å². The van der Waals surface area contributed by atoms with E-state index in [4.69, 9.17) is 0 Å². The van der Waals surface area contributed by atoms with Gasteiger partial charge in [-0.1, -0.05) is 17.7 Å². The molecule has 0 spiro atoms. The molecule has 3 heteroatoms. The highest BCUT2D eigenvalue weighted by Crippen LogP contribution is 2.26. The van der Waals surface area contributed by atoms with Crippen LogP contribution in [0.4, 0.5) is 0 Å². The van der Waals surface area contributed by atoms with Gasteiger partial charge >= 0.3 is 0 Å². The summed E-state index contributed by atoms with van der Waals surface area (Å²) >= 11 is 0. The van der Waals surface area contributed by atoms with E-state index in [1.165, 1.54) is 22.3 Å². The quantitative estimate of drug-likeness (QED) is 0.893. The molecule has 2 N–H and O–H groups in total. The monoisotopic (exact) mass is 285 g/mol. The molecule has 0 fully saturated rings. The SMILES string of the molecule is Cc1cc(C)c(-c2cnc(CCNC(C)(C)C)[nH]2)c(C)c1. The van der Waals surface area contributed by atoms with Gasteiger partial charge < -0.3 is 10.3 Å². The highest BCUT2D eigenvalue weighted by Gasteiger charge is 2.11. The molecule has 21 heavy (non-hydrogen) atoms. The molecular weight excluding hydrogens is 258 g/mol. The molecule has 0 saturated heterocycles. The lowest BCUT2D eigenvalue weighted by molar-refractivity contribution is 0.427. The van der Waals surface area contributed by atoms with E-state index in [-0.39, 0.29) is 5.54 Å². The molecule has 0 saturated carbocycles. The Morgan fingerprint density at radius 2 is 1.71 bits per heavy atom. The molecule has 0 unspecified atom stereocenters. The van der Waals surface area contributed by atoms with Crippen molar-refractivity contribution in [3.8, 4) is 11.3 Å². The van der Waals surface area contributed by atoms with Crippen molar-refractivity contribution < 1.29 is 0 Å². The minimum atomic E-state index is 0.152. The van der Waals surface area contributed by atoms with E-state index in [1.807, 2.05) is 6.20 Å². The third kappa shape index (κ3) is 4.18. The first-order chi connectivity index (χ1) is 9.76. The number of hydrogen-bond donors (Lipinski definition) is 2. The number of aryl methyl sites for hydroxylation is 3. The second-order valence-corrected chi connectivity index (χ2v) is 6.94. The predicted molar refractivity (Wildman–Crippen MR) is 89.7 cm³/mol. The van der Waals surface area contributed by atoms with Gasteiger partial charge in [-0.3, -0.25) is 0 Å². The van der Waals surface area contributed by atoms with Crippen LogP contribution in [0, 0.1) is 20.8 Å². The van der Waals surface area contributed by atoms with Crippen molar-refractivity contribution in [2.45, 2.75) is 53.5 Å². The highest BCUT2D eigenvalue weighted by atomic mass is 15.0. The Bertz CT molecular complexity index is 595. The molecule has 1 aromatic carbocycles. The Labute approximate surface area is 128 Å². The number of aromatic nitrogens is 2. The molecule has 2 aromatic rings. The maximum absolute atomic E-state index is 4.52. The van der Waals surface area contributed by atoms with Gasteiger partial charge in [-0.15, -0.1) is 0 Å². The van der Waals surface area contributed by atoms with Crippen LogP contribution in [0.1, 0.15) is 43.3 Å². The lowest BCUT2D eigenvalue weighted by Crippen LogP contribution is -2.37. The molecule has 0 aliphatic heterocycles. The summed E-state index contributed by atoms with van der Waals surface area (Å²) in [6, 6.07) is 4.45. The predicted octanol–water partition coefficient (Wildman–Crippen LogP) is 3.93. The molecule has 0 aliphatic carbocycles. The van der Waals surface area contributed by atoms with E-state index in [0.29, 0.717) is 0 Å². The molecule has 1 aromatic heterocycles. The summed E-state index contributed by atoms with van der Waals surface area (Å²) in [7, 11) is 0. The van der Waals surface area contributed by atoms with Crippen molar-refractivity contribution in [2.24, 2.45) is 0 Å². The Morgan fingerprint density at radius 3 is 2.29 bits per heavy atom. The topological polar surface area (TPSA) is 40.7 Å². The van der Waals surface area contributed by atoms with E-state index < -0.39 is 0 Å². The molecule has 114 valence electrons. The van der Waals surface area contributed by atoms with Crippen LogP contribution in [0.3, 0.4) is 0 Å². The summed E-state index contributed by atoms with van der Waals surface area (Å²) in [6.07, 6.45) is 2.87. The molecule has 0 radical (unpaired) electrons. The van der Waals surface area contributed by atoms with Gasteiger partial charge in [0.1, 0.15) is 5.82 Å². The minimum absolute atomic E-state index is 0.152. The van der Waals surface area contributed by atoms with Gasteiger partial charge in [0.15, 0.2) is 0 Å². The van der Waals surface area contributed by atoms with Crippen molar-refractivity contribution >= 4 is 0 Å². The van der Waals surface area contributed by atoms with Crippen LogP contribution in [0.25, 0.3) is 11.3 Å². The van der Waals surface area contributed by atoms with Gasteiger partial charge in [-0.05, 0) is 52.7 Å². The Kier molecular flexibility index (Phi) is 4.52. The molecule has 0 bridgehead atoms. The maximum Gasteiger partial charge on any atom is 0.107 e. The average Bonchev–Trinajstić information content (AvgIpc) is 2.74. The van der Waals surface area contributed by atoms with Crippen LogP contribution in [0.2, 0.25) is 0 Å². The molecule has 1 heterocycles. The van der Waals surface area contributed by atoms with E-state index in [2.05, 4.69) is 69.0 Å². The molecule has 0 aliphatic rings. The van der Waals surface area contributed by atoms with Crippen molar-refractivity contribution in [3.63, 3.8) is 0 Å². The van der Waals surface area contributed by atoms with Crippen LogP contribution in [0.15, 0.2) is 18.3 Å². The second-order valence-electron chi connectivity index (χ2n) is 6.94. The number of nitrogens with one attached hydrogen (secondary N) is 2. The fourth-order valence-electron chi connectivity index (χ4n) is 2.78. The number of nitrogens with zero attached hydrogens (tertiary/aromatic N) is 1. The lowest BCUT2D eigenvalue weighted by atomic mass is 9.98. The van der Waals surface area contributed by atoms with Crippen molar-refractivity contribution in [3.05, 3.63) is 40.8 Å². The van der Waals surface area contributed by atoms with Crippen molar-refractivity contribution in [1.82, 2.24) is 15.3 Å². The minimum Gasteiger partial charge on any atom is -0.342 e. The van der Waals surface area contributed by atoms with Gasteiger partial charge in [-0.25, -0.2) is 4.98 Å². The molecular formula is C18H27N3. The fourth-order valence-corrected chi connectivity index (χ4v) is 2.78. The summed E-state index contributed by atoms with van der Waals surface area (Å²) in [6.45, 7) is 13.9. The summed E-state index contributed by atoms with van der Waals surface area (Å²) < 4.78 is 0. The van der Waals surface area contributed by atoms with E-state index in [9.17, 15) is 0 Å². The van der Waals surface area contributed by atoms with Crippen LogP contribution in [-0.2, 0) is 6.42 Å². The van der Waals surface area contributed by atoms with Gasteiger partial charge in [-0.2, -0.15) is 0 Å². The van der Waals surface area contributed by atoms with Gasteiger partial charge in [0.25, 0.3) is 0 Å². The Morgan fingerprint density at radius 1 is 1.10 bits per heavy atom. The third-order valence-corrected chi connectivity index (χ3v) is 3.59. The summed E-state index contributed by atoms with van der Waals surface area (Å²) in [5.74, 6) is 1.04. The first-order valence-corrected chi connectivity index (χ1v) is 7.63. The first kappa shape index (κ1) is 15.8. The number of H-pyrrole nitrogens is 1. The third-order valence-electron chi connectivity index (χ3n) is 3.59. The zero-order valence-electron chi connectivity index (χ0n) is 14.1. The Hall–Kier alpha value is -1.61. The van der Waals surface area contributed by atoms with Crippen LogP contribution >= 0.6 is 0 Å². The number of rotatable bonds is 4. The van der Waals surface area contributed by atoms with Crippen molar-refractivity contribution in [1.29, 1.82) is 0 Å². The number of imidazole rings is 1. The maximum atomic E-state index is 4.52. The molecule has 3 nitrogen and oxygen atoms in total. The van der Waals surface area contributed by atoms with E-state index in [0.717, 1.165) is 24.5 Å². The highest BCUT2D eigenvalue weighted by molar-refractivity contribution is 5.67. The van der Waals surface area contributed by atoms with E-state index >= 15 is 0 Å². The van der Waals surface area contributed by atoms with Gasteiger partial charge in [0.05, 0.1) is 11.9 Å². The molecule has 0 amide bonds. The summed E-state index contributed by atoms with van der Waals surface area (Å²) in [4.78, 5) is 7.99. The average molecular weight is 285 g/mol. The van der Waals surface area contributed by atoms with E-state index in [1.54, 1.807) is 0 Å². The Balaban J connectivity index is 2.13. The van der Waals surface area contributed by atoms with Crippen LogP contribution in [-0.4, -0.2) is 22.1 Å². The second kappa shape index (κ2) is 6.02. The number of hydrogen-bond acceptors (Lipinski definition) is 2. The molecule has 2 rings (SSSR count). The lowest BCUT2D eigenvalue weighted by Gasteiger charge is -2.19. The standard InChI is InChI=1S/C18H27N3/c1-12-9-13(2)17(14(3)10-12)15-11-19-16(21-15)7-8-20-18(4,5)6/h9-11,20H,7-8H2,1-6H3,(H,19,21). The smallest absolute Gasteiger partial charge is 0.107 e. The summed E-state index contributed by atoms with van der Waals surface area (Å²) in [5.41, 5.74) is 6.47. The summed E-state index contributed by atoms with van der Waals surface area (Å²) in [5, 5.41) is 3.49.